The summed E-state index contributed by atoms with van der Waals surface area (Å²) in [6.45, 7) is 5.11. The van der Waals surface area contributed by atoms with Crippen molar-refractivity contribution >= 4 is 32.8 Å². The topological polar surface area (TPSA) is 189 Å². The first kappa shape index (κ1) is 27.1. The number of phosphoric acid groups is 2. The molecular weight excluding hydrogens is 482 g/mol. The smallest absolute Gasteiger partial charge is 0.481 e. The highest BCUT2D eigenvalue weighted by molar-refractivity contribution is 7.60. The molecule has 16 heteroatoms. The minimum atomic E-state index is -5.17. The first-order chi connectivity index (χ1) is 13.3. The van der Waals surface area contributed by atoms with Crippen molar-refractivity contribution in [1.29, 1.82) is 0 Å². The fraction of sp³-hybridized carbons (Fsp3) is 0.500. The van der Waals surface area contributed by atoms with Crippen LogP contribution in [0.3, 0.4) is 0 Å². The summed E-state index contributed by atoms with van der Waals surface area (Å²) < 4.78 is 32.4. The molecule has 170 valence electrons. The Kier molecular flexibility index (Phi) is 9.52. The van der Waals surface area contributed by atoms with Crippen molar-refractivity contribution in [3.63, 3.8) is 0 Å². The van der Waals surface area contributed by atoms with Crippen LogP contribution in [0.1, 0.15) is 40.0 Å². The summed E-state index contributed by atoms with van der Waals surface area (Å²) >= 11 is 1.27. The molecule has 0 saturated carbocycles. The van der Waals surface area contributed by atoms with Gasteiger partial charge in [-0.15, -0.1) is 0 Å². The van der Waals surface area contributed by atoms with Crippen LogP contribution in [-0.4, -0.2) is 36.4 Å². The van der Waals surface area contributed by atoms with E-state index in [-0.39, 0.29) is 25.4 Å². The molecule has 2 unspecified atom stereocenters. The van der Waals surface area contributed by atoms with Gasteiger partial charge in [-0.3, -0.25) is 4.52 Å². The van der Waals surface area contributed by atoms with Crippen molar-refractivity contribution < 1.29 is 54.7 Å². The molecule has 0 fully saturated rings. The lowest BCUT2D eigenvalue weighted by Gasteiger charge is -2.11. The molecule has 2 rings (SSSR count). The molecular formula is C14H23ClN4O8P2S. The van der Waals surface area contributed by atoms with Gasteiger partial charge in [-0.1, -0.05) is 11.3 Å². The van der Waals surface area contributed by atoms with Crippen LogP contribution >= 0.6 is 27.0 Å². The molecule has 0 aliphatic rings. The Balaban J connectivity index is 0.00000450. The Morgan fingerprint density at radius 3 is 2.47 bits per heavy atom. The van der Waals surface area contributed by atoms with Gasteiger partial charge in [0.05, 0.1) is 17.0 Å². The number of phosphoric ester groups is 1. The Bertz CT molecular complexity index is 983. The Morgan fingerprint density at radius 1 is 1.30 bits per heavy atom. The van der Waals surface area contributed by atoms with Gasteiger partial charge in [0.15, 0.2) is 12.2 Å². The predicted octanol–water partition coefficient (Wildman–Crippen LogP) is -2.10. The Morgan fingerprint density at radius 2 is 1.93 bits per heavy atom. The maximum Gasteiger partial charge on any atom is 0.481 e. The van der Waals surface area contributed by atoms with Crippen molar-refractivity contribution in [3.05, 3.63) is 33.2 Å². The molecule has 12 nitrogen and oxygen atoms in total. The second kappa shape index (κ2) is 10.6. The van der Waals surface area contributed by atoms with E-state index in [2.05, 4.69) is 18.8 Å². The lowest BCUT2D eigenvalue weighted by atomic mass is 10.2. The van der Waals surface area contributed by atoms with E-state index in [4.69, 9.17) is 15.5 Å². The number of nitrogens with two attached hydrogens (primary N) is 1. The molecule has 0 spiro atoms. The van der Waals surface area contributed by atoms with Crippen LogP contribution in [0.2, 0.25) is 0 Å². The van der Waals surface area contributed by atoms with Crippen molar-refractivity contribution in [2.75, 3.05) is 12.3 Å². The molecule has 2 aromatic heterocycles. The van der Waals surface area contributed by atoms with Crippen LogP contribution in [0.5, 0.6) is 0 Å². The number of aliphatic hydroxyl groups is 1. The maximum absolute atomic E-state index is 11.5. The summed E-state index contributed by atoms with van der Waals surface area (Å²) in [6, 6.07) is 0. The number of hydrogen-bond acceptors (Lipinski definition) is 9. The number of halogens is 1. The quantitative estimate of drug-likeness (QED) is 0.186. The largest absolute Gasteiger partial charge is 1.00 e. The number of aliphatic hydroxyl groups excluding tert-OH is 1. The number of aryl methyl sites for hydroxylation is 1. The van der Waals surface area contributed by atoms with E-state index in [1.807, 2.05) is 4.57 Å². The van der Waals surface area contributed by atoms with Crippen molar-refractivity contribution in [2.24, 2.45) is 0 Å². The lowest BCUT2D eigenvalue weighted by Crippen LogP contribution is -3.00. The number of aromatic nitrogens is 3. The highest BCUT2D eigenvalue weighted by Gasteiger charge is 2.33. The van der Waals surface area contributed by atoms with Crippen LogP contribution in [0.4, 0.5) is 5.82 Å². The SMILES string of the molecule is Cc1ncc(C[n+]2c(C(C)O)sc(CCOP(=O)(O)OP(=O)(O)O)c2C)c(N)n1.[Cl-]. The average Bonchev–Trinajstić information content (AvgIpc) is 2.84. The second-order valence-corrected chi connectivity index (χ2v) is 10.1. The molecule has 2 heterocycles. The minimum absolute atomic E-state index is 0. The van der Waals surface area contributed by atoms with Gasteiger partial charge in [0.1, 0.15) is 17.7 Å². The molecule has 0 aliphatic heterocycles. The molecule has 30 heavy (non-hydrogen) atoms. The molecule has 0 aromatic carbocycles. The van der Waals surface area contributed by atoms with Crippen molar-refractivity contribution in [1.82, 2.24) is 9.97 Å². The maximum atomic E-state index is 11.5. The summed E-state index contributed by atoms with van der Waals surface area (Å²) in [5.74, 6) is 0.866. The highest BCUT2D eigenvalue weighted by atomic mass is 35.5. The summed E-state index contributed by atoms with van der Waals surface area (Å²) in [6.07, 6.45) is 0.971. The number of nitrogen functional groups attached to an aromatic ring is 1. The molecule has 0 bridgehead atoms. The minimum Gasteiger partial charge on any atom is -1.00 e. The van der Waals surface area contributed by atoms with Crippen LogP contribution in [-0.2, 0) is 30.9 Å². The monoisotopic (exact) mass is 504 g/mol. The summed E-state index contributed by atoms with van der Waals surface area (Å²) in [7, 11) is -10.1. The fourth-order valence-electron chi connectivity index (χ4n) is 2.53. The van der Waals surface area contributed by atoms with Gasteiger partial charge in [0, 0.05) is 19.5 Å². The van der Waals surface area contributed by atoms with Crippen LogP contribution < -0.4 is 22.7 Å². The third kappa shape index (κ3) is 7.61. The third-order valence-corrected chi connectivity index (χ3v) is 7.50. The van der Waals surface area contributed by atoms with Crippen molar-refractivity contribution in [2.45, 2.75) is 39.8 Å². The van der Waals surface area contributed by atoms with Gasteiger partial charge in [0.25, 0.3) is 5.01 Å². The molecule has 2 atom stereocenters. The van der Waals surface area contributed by atoms with Crippen LogP contribution in [0.25, 0.3) is 0 Å². The number of nitrogens with zero attached hydrogens (tertiary/aromatic N) is 3. The van der Waals surface area contributed by atoms with Crippen molar-refractivity contribution in [3.8, 4) is 0 Å². The zero-order valence-electron chi connectivity index (χ0n) is 16.3. The molecule has 0 aliphatic carbocycles. The van der Waals surface area contributed by atoms with E-state index in [1.165, 1.54) is 11.3 Å². The zero-order valence-corrected chi connectivity index (χ0v) is 19.7. The number of thiazole rings is 1. The van der Waals surface area contributed by atoms with E-state index in [9.17, 15) is 19.1 Å². The molecule has 0 radical (unpaired) electrons. The van der Waals surface area contributed by atoms with E-state index < -0.39 is 21.7 Å². The standard InChI is InChI=1S/C14H22N4O8P2S.ClH/c1-8-12(4-5-25-28(23,24)26-27(20,21)22)29-14(9(2)19)18(8)7-11-6-16-10(3)17-13(11)15;/h6,9,19H,4-5,7H2,1-3H3,(H4-,15,16,17,20,21,22,23,24);1H. The van der Waals surface area contributed by atoms with Crippen LogP contribution in [0, 0.1) is 13.8 Å². The third-order valence-electron chi connectivity index (χ3n) is 3.80. The molecule has 0 amide bonds. The normalized spacial score (nSPS) is 14.8. The van der Waals surface area contributed by atoms with E-state index >= 15 is 0 Å². The number of rotatable bonds is 9. The van der Waals surface area contributed by atoms with E-state index in [0.717, 1.165) is 10.6 Å². The molecule has 6 N–H and O–H groups in total. The summed E-state index contributed by atoms with van der Waals surface area (Å²) in [5.41, 5.74) is 7.38. The molecule has 2 aromatic rings. The van der Waals surface area contributed by atoms with E-state index in [0.29, 0.717) is 28.8 Å². The second-order valence-electron chi connectivity index (χ2n) is 6.16. The number of hydrogen-bond donors (Lipinski definition) is 5. The Hall–Kier alpha value is -0.980. The predicted molar refractivity (Wildman–Crippen MR) is 103 cm³/mol. The lowest BCUT2D eigenvalue weighted by molar-refractivity contribution is -0.699. The van der Waals surface area contributed by atoms with Gasteiger partial charge in [-0.05, 0) is 13.8 Å². The summed E-state index contributed by atoms with van der Waals surface area (Å²) in [4.78, 5) is 35.6. The van der Waals surface area contributed by atoms with Gasteiger partial charge in [0.2, 0.25) is 0 Å². The first-order valence-corrected chi connectivity index (χ1v) is 12.2. The van der Waals surface area contributed by atoms with Crippen LogP contribution in [0.15, 0.2) is 6.20 Å². The zero-order chi connectivity index (χ0) is 22.0. The number of anilines is 1. The average molecular weight is 505 g/mol. The highest BCUT2D eigenvalue weighted by Crippen LogP contribution is 2.57. The van der Waals surface area contributed by atoms with Gasteiger partial charge >= 0.3 is 15.6 Å². The fourth-order valence-corrected chi connectivity index (χ4v) is 5.29. The van der Waals surface area contributed by atoms with Gasteiger partial charge in [-0.25, -0.2) is 19.1 Å². The summed E-state index contributed by atoms with van der Waals surface area (Å²) in [5, 5.41) is 10.7. The van der Waals surface area contributed by atoms with E-state index in [1.54, 1.807) is 27.0 Å². The Labute approximate surface area is 183 Å². The first-order valence-electron chi connectivity index (χ1n) is 8.31. The van der Waals surface area contributed by atoms with Gasteiger partial charge < -0.3 is 37.9 Å². The molecule has 0 saturated heterocycles. The van der Waals surface area contributed by atoms with Gasteiger partial charge in [-0.2, -0.15) is 8.88 Å².